The number of hydrogen-bond donors (Lipinski definition) is 1. The number of nitrogens with zero attached hydrogens (tertiary/aromatic N) is 2. The van der Waals surface area contributed by atoms with Crippen LogP contribution in [0, 0.1) is 6.92 Å². The van der Waals surface area contributed by atoms with Gasteiger partial charge >= 0.3 is 0 Å². The summed E-state index contributed by atoms with van der Waals surface area (Å²) in [4.78, 5) is 15.3. The summed E-state index contributed by atoms with van der Waals surface area (Å²) >= 11 is 0. The number of fused-ring (bicyclic) bond motifs is 1. The van der Waals surface area contributed by atoms with Gasteiger partial charge in [-0.05, 0) is 50.6 Å². The van der Waals surface area contributed by atoms with Crippen molar-refractivity contribution in [2.45, 2.75) is 45.6 Å². The second-order valence-electron chi connectivity index (χ2n) is 7.74. The molecule has 150 valence electrons. The highest BCUT2D eigenvalue weighted by molar-refractivity contribution is 5.96. The molecular formula is C21H27N3O4. The molecular weight excluding hydrogens is 358 g/mol. The van der Waals surface area contributed by atoms with Gasteiger partial charge < -0.3 is 19.3 Å². The second kappa shape index (κ2) is 7.83. The number of nitrogens with one attached hydrogen (secondary N) is 1. The first-order valence-corrected chi connectivity index (χ1v) is 9.92. The van der Waals surface area contributed by atoms with E-state index < -0.39 is 0 Å². The van der Waals surface area contributed by atoms with Crippen molar-refractivity contribution in [1.82, 2.24) is 15.4 Å². The minimum atomic E-state index is -0.132. The van der Waals surface area contributed by atoms with Crippen molar-refractivity contribution in [2.24, 2.45) is 0 Å². The van der Waals surface area contributed by atoms with Crippen LogP contribution in [0.5, 0.6) is 11.5 Å². The van der Waals surface area contributed by atoms with Crippen LogP contribution in [0.15, 0.2) is 22.7 Å². The topological polar surface area (TPSA) is 76.8 Å². The van der Waals surface area contributed by atoms with Crippen molar-refractivity contribution in [3.8, 4) is 11.5 Å². The Labute approximate surface area is 165 Å². The van der Waals surface area contributed by atoms with Crippen molar-refractivity contribution in [2.75, 3.05) is 26.4 Å². The van der Waals surface area contributed by atoms with Gasteiger partial charge in [-0.3, -0.25) is 9.69 Å². The molecule has 0 saturated carbocycles. The van der Waals surface area contributed by atoms with E-state index in [1.54, 1.807) is 6.92 Å². The summed E-state index contributed by atoms with van der Waals surface area (Å²) < 4.78 is 16.3. The van der Waals surface area contributed by atoms with Gasteiger partial charge in [-0.15, -0.1) is 0 Å². The molecule has 28 heavy (non-hydrogen) atoms. The smallest absolute Gasteiger partial charge is 0.256 e. The summed E-state index contributed by atoms with van der Waals surface area (Å²) in [5.74, 6) is 2.15. The first-order valence-electron chi connectivity index (χ1n) is 9.92. The molecule has 1 unspecified atom stereocenters. The molecule has 1 amide bonds. The van der Waals surface area contributed by atoms with E-state index in [-0.39, 0.29) is 24.7 Å². The molecule has 1 N–H and O–H groups in total. The Balaban J connectivity index is 1.54. The number of hydrogen-bond acceptors (Lipinski definition) is 6. The van der Waals surface area contributed by atoms with Crippen LogP contribution in [-0.2, 0) is 0 Å². The first-order chi connectivity index (χ1) is 13.5. The maximum absolute atomic E-state index is 12.9. The van der Waals surface area contributed by atoms with Crippen LogP contribution >= 0.6 is 0 Å². The van der Waals surface area contributed by atoms with Gasteiger partial charge in [0.15, 0.2) is 17.3 Å². The zero-order valence-corrected chi connectivity index (χ0v) is 16.7. The third-order valence-corrected chi connectivity index (χ3v) is 5.46. The molecule has 4 rings (SSSR count). The fraction of sp³-hybridized carbons (Fsp3) is 0.524. The van der Waals surface area contributed by atoms with Crippen molar-refractivity contribution in [3.05, 3.63) is 40.8 Å². The molecule has 1 fully saturated rings. The summed E-state index contributed by atoms with van der Waals surface area (Å²) in [7, 11) is 0. The molecule has 1 aromatic heterocycles. The van der Waals surface area contributed by atoms with Crippen LogP contribution in [0.25, 0.3) is 0 Å². The zero-order valence-electron chi connectivity index (χ0n) is 16.7. The largest absolute Gasteiger partial charge is 0.454 e. The number of benzene rings is 1. The highest BCUT2D eigenvalue weighted by Gasteiger charge is 2.28. The number of carbonyl (C=O) groups is 1. The number of rotatable bonds is 6. The second-order valence-corrected chi connectivity index (χ2v) is 7.74. The molecule has 2 aromatic rings. The van der Waals surface area contributed by atoms with Gasteiger partial charge in [-0.2, -0.15) is 0 Å². The molecule has 0 radical (unpaired) electrons. The van der Waals surface area contributed by atoms with E-state index in [1.807, 2.05) is 26.0 Å². The molecule has 0 spiro atoms. The number of aromatic nitrogens is 1. The third kappa shape index (κ3) is 3.58. The molecule has 2 aliphatic heterocycles. The molecule has 3 heterocycles. The SMILES string of the molecule is Cc1noc(C(C)C)c1C(=O)NCC(c1ccc2c(c1)OCO2)N1CCCC1. The van der Waals surface area contributed by atoms with E-state index >= 15 is 0 Å². The summed E-state index contributed by atoms with van der Waals surface area (Å²) in [6.45, 7) is 8.62. The molecule has 0 aliphatic carbocycles. The molecule has 0 bridgehead atoms. The quantitative estimate of drug-likeness (QED) is 0.821. The number of ether oxygens (including phenoxy) is 2. The van der Waals surface area contributed by atoms with E-state index in [0.29, 0.717) is 23.6 Å². The predicted molar refractivity (Wildman–Crippen MR) is 104 cm³/mol. The average molecular weight is 385 g/mol. The van der Waals surface area contributed by atoms with Gasteiger partial charge in [0, 0.05) is 12.5 Å². The summed E-state index contributed by atoms with van der Waals surface area (Å²) in [5.41, 5.74) is 2.31. The maximum Gasteiger partial charge on any atom is 0.256 e. The summed E-state index contributed by atoms with van der Waals surface area (Å²) in [6, 6.07) is 6.13. The Morgan fingerprint density at radius 2 is 1.96 bits per heavy atom. The minimum Gasteiger partial charge on any atom is -0.454 e. The van der Waals surface area contributed by atoms with Gasteiger partial charge in [-0.1, -0.05) is 25.1 Å². The van der Waals surface area contributed by atoms with Gasteiger partial charge in [0.1, 0.15) is 5.56 Å². The van der Waals surface area contributed by atoms with Crippen molar-refractivity contribution in [1.29, 1.82) is 0 Å². The lowest BCUT2D eigenvalue weighted by Gasteiger charge is -2.28. The maximum atomic E-state index is 12.9. The number of carbonyl (C=O) groups excluding carboxylic acids is 1. The van der Waals surface area contributed by atoms with Crippen molar-refractivity contribution >= 4 is 5.91 Å². The summed E-state index contributed by atoms with van der Waals surface area (Å²) in [5, 5.41) is 7.10. The molecule has 1 atom stereocenters. The van der Waals surface area contributed by atoms with Gasteiger partial charge in [-0.25, -0.2) is 0 Å². The highest BCUT2D eigenvalue weighted by atomic mass is 16.7. The van der Waals surface area contributed by atoms with Crippen molar-refractivity contribution < 1.29 is 18.8 Å². The molecule has 7 nitrogen and oxygen atoms in total. The Kier molecular flexibility index (Phi) is 5.26. The fourth-order valence-electron chi connectivity index (χ4n) is 3.97. The predicted octanol–water partition coefficient (Wildman–Crippen LogP) is 3.40. The lowest BCUT2D eigenvalue weighted by atomic mass is 10.0. The molecule has 7 heteroatoms. The monoisotopic (exact) mass is 385 g/mol. The van der Waals surface area contributed by atoms with Gasteiger partial charge in [0.25, 0.3) is 5.91 Å². The number of aryl methyl sites for hydroxylation is 1. The van der Waals surface area contributed by atoms with Crippen LogP contribution in [0.4, 0.5) is 0 Å². The Bertz CT molecular complexity index is 855. The standard InChI is InChI=1S/C21H27N3O4/c1-13(2)20-19(14(3)23-28-20)21(25)22-11-16(24-8-4-5-9-24)15-6-7-17-18(10-15)27-12-26-17/h6-7,10,13,16H,4-5,8-9,11-12H2,1-3H3,(H,22,25). The molecule has 1 saturated heterocycles. The van der Waals surface area contributed by atoms with E-state index in [4.69, 9.17) is 14.0 Å². The van der Waals surface area contributed by atoms with E-state index in [1.165, 1.54) is 12.8 Å². The van der Waals surface area contributed by atoms with E-state index in [0.717, 1.165) is 30.2 Å². The first kappa shape index (κ1) is 18.8. The third-order valence-electron chi connectivity index (χ3n) is 5.46. The lowest BCUT2D eigenvalue weighted by molar-refractivity contribution is 0.0935. The van der Waals surface area contributed by atoms with E-state index in [2.05, 4.69) is 21.4 Å². The Hall–Kier alpha value is -2.54. The lowest BCUT2D eigenvalue weighted by Crippen LogP contribution is -2.37. The molecule has 2 aliphatic rings. The van der Waals surface area contributed by atoms with Crippen LogP contribution in [0.2, 0.25) is 0 Å². The Morgan fingerprint density at radius 3 is 2.71 bits per heavy atom. The fourth-order valence-corrected chi connectivity index (χ4v) is 3.97. The number of likely N-dealkylation sites (tertiary alicyclic amines) is 1. The van der Waals surface area contributed by atoms with Crippen molar-refractivity contribution in [3.63, 3.8) is 0 Å². The van der Waals surface area contributed by atoms with E-state index in [9.17, 15) is 4.79 Å². The Morgan fingerprint density at radius 1 is 1.21 bits per heavy atom. The van der Waals surface area contributed by atoms with Crippen LogP contribution in [0.3, 0.4) is 0 Å². The van der Waals surface area contributed by atoms with Crippen LogP contribution < -0.4 is 14.8 Å². The van der Waals surface area contributed by atoms with Gasteiger partial charge in [0.2, 0.25) is 6.79 Å². The normalized spacial score (nSPS) is 17.3. The minimum absolute atomic E-state index is 0.0867. The number of amides is 1. The highest BCUT2D eigenvalue weighted by Crippen LogP contribution is 2.36. The van der Waals surface area contributed by atoms with Crippen LogP contribution in [-0.4, -0.2) is 42.4 Å². The molecule has 1 aromatic carbocycles. The van der Waals surface area contributed by atoms with Gasteiger partial charge in [0.05, 0.1) is 11.7 Å². The zero-order chi connectivity index (χ0) is 19.7. The average Bonchev–Trinajstić information content (AvgIpc) is 3.41. The van der Waals surface area contributed by atoms with Crippen LogP contribution in [0.1, 0.15) is 66.0 Å². The summed E-state index contributed by atoms with van der Waals surface area (Å²) in [6.07, 6.45) is 2.36.